The van der Waals surface area contributed by atoms with Crippen molar-refractivity contribution < 1.29 is 14.7 Å². The smallest absolute Gasteiger partial charge is 0.311 e. The van der Waals surface area contributed by atoms with Gasteiger partial charge in [-0.25, -0.2) is 0 Å². The SMILES string of the molecule is CCC(C)(CNC(=O)c1cccc2ccccc12)C(=O)O. The number of carbonyl (C=O) groups is 2. The van der Waals surface area contributed by atoms with Crippen LogP contribution in [0.3, 0.4) is 0 Å². The summed E-state index contributed by atoms with van der Waals surface area (Å²) in [4.78, 5) is 23.6. The van der Waals surface area contributed by atoms with Crippen LogP contribution in [0.4, 0.5) is 0 Å². The third kappa shape index (κ3) is 3.05. The first-order valence-corrected chi connectivity index (χ1v) is 6.97. The average Bonchev–Trinajstić information content (AvgIpc) is 2.51. The van der Waals surface area contributed by atoms with E-state index in [4.69, 9.17) is 0 Å². The van der Waals surface area contributed by atoms with E-state index in [-0.39, 0.29) is 12.5 Å². The molecule has 0 saturated heterocycles. The van der Waals surface area contributed by atoms with Crippen LogP contribution in [0.5, 0.6) is 0 Å². The number of amides is 1. The fourth-order valence-corrected chi connectivity index (χ4v) is 2.15. The molecule has 0 heterocycles. The lowest BCUT2D eigenvalue weighted by molar-refractivity contribution is -0.147. The molecule has 2 aromatic carbocycles. The molecule has 2 N–H and O–H groups in total. The Hall–Kier alpha value is -2.36. The van der Waals surface area contributed by atoms with Gasteiger partial charge in [0.25, 0.3) is 5.91 Å². The van der Waals surface area contributed by atoms with Gasteiger partial charge in [-0.1, -0.05) is 43.3 Å². The Bertz CT molecular complexity index is 675. The molecule has 0 fully saturated rings. The molecule has 0 spiro atoms. The Labute approximate surface area is 123 Å². The maximum atomic E-state index is 12.3. The lowest BCUT2D eigenvalue weighted by Gasteiger charge is -2.23. The van der Waals surface area contributed by atoms with Crippen LogP contribution in [0.25, 0.3) is 10.8 Å². The molecule has 0 radical (unpaired) electrons. The molecule has 4 heteroatoms. The molecule has 2 rings (SSSR count). The van der Waals surface area contributed by atoms with Crippen molar-refractivity contribution in [3.05, 3.63) is 48.0 Å². The molecular formula is C17H19NO3. The van der Waals surface area contributed by atoms with Gasteiger partial charge in [0.15, 0.2) is 0 Å². The number of nitrogens with one attached hydrogen (secondary N) is 1. The molecule has 110 valence electrons. The summed E-state index contributed by atoms with van der Waals surface area (Å²) >= 11 is 0. The molecule has 1 amide bonds. The fraction of sp³-hybridized carbons (Fsp3) is 0.294. The van der Waals surface area contributed by atoms with Crippen molar-refractivity contribution in [2.45, 2.75) is 20.3 Å². The van der Waals surface area contributed by atoms with Crippen molar-refractivity contribution in [3.8, 4) is 0 Å². The second-order valence-corrected chi connectivity index (χ2v) is 5.43. The lowest BCUT2D eigenvalue weighted by Crippen LogP contribution is -2.40. The summed E-state index contributed by atoms with van der Waals surface area (Å²) in [6, 6.07) is 13.2. The first-order chi connectivity index (χ1) is 9.98. The van der Waals surface area contributed by atoms with E-state index in [2.05, 4.69) is 5.32 Å². The topological polar surface area (TPSA) is 66.4 Å². The summed E-state index contributed by atoms with van der Waals surface area (Å²) in [5.74, 6) is -1.14. The van der Waals surface area contributed by atoms with Gasteiger partial charge in [-0.05, 0) is 30.2 Å². The molecule has 0 saturated carbocycles. The minimum atomic E-state index is -0.944. The summed E-state index contributed by atoms with van der Waals surface area (Å²) in [7, 11) is 0. The van der Waals surface area contributed by atoms with Crippen LogP contribution in [0.1, 0.15) is 30.6 Å². The largest absolute Gasteiger partial charge is 0.481 e. The van der Waals surface area contributed by atoms with Gasteiger partial charge in [-0.15, -0.1) is 0 Å². The van der Waals surface area contributed by atoms with Gasteiger partial charge >= 0.3 is 5.97 Å². The predicted molar refractivity (Wildman–Crippen MR) is 82.3 cm³/mol. The number of fused-ring (bicyclic) bond motifs is 1. The number of carboxylic acid groups (broad SMARTS) is 1. The summed E-state index contributed by atoms with van der Waals surface area (Å²) in [5, 5.41) is 13.8. The van der Waals surface area contributed by atoms with Gasteiger partial charge in [-0.2, -0.15) is 0 Å². The predicted octanol–water partition coefficient (Wildman–Crippen LogP) is 3.07. The second-order valence-electron chi connectivity index (χ2n) is 5.43. The Balaban J connectivity index is 2.22. The van der Waals surface area contributed by atoms with Crippen molar-refractivity contribution in [3.63, 3.8) is 0 Å². The van der Waals surface area contributed by atoms with Gasteiger partial charge in [0.05, 0.1) is 5.41 Å². The van der Waals surface area contributed by atoms with Crippen LogP contribution in [0, 0.1) is 5.41 Å². The summed E-state index contributed by atoms with van der Waals surface area (Å²) in [6.45, 7) is 3.55. The zero-order valence-corrected chi connectivity index (χ0v) is 12.2. The minimum Gasteiger partial charge on any atom is -0.481 e. The highest BCUT2D eigenvalue weighted by atomic mass is 16.4. The van der Waals surface area contributed by atoms with E-state index in [1.54, 1.807) is 19.9 Å². The van der Waals surface area contributed by atoms with E-state index >= 15 is 0 Å². The van der Waals surface area contributed by atoms with Crippen molar-refractivity contribution in [2.24, 2.45) is 5.41 Å². The Morgan fingerprint density at radius 3 is 2.48 bits per heavy atom. The summed E-state index contributed by atoms with van der Waals surface area (Å²) in [6.07, 6.45) is 0.456. The van der Waals surface area contributed by atoms with Crippen LogP contribution >= 0.6 is 0 Å². The quantitative estimate of drug-likeness (QED) is 0.887. The van der Waals surface area contributed by atoms with Crippen LogP contribution in [-0.4, -0.2) is 23.5 Å². The van der Waals surface area contributed by atoms with E-state index in [1.807, 2.05) is 36.4 Å². The number of aliphatic carboxylic acids is 1. The molecular weight excluding hydrogens is 266 g/mol. The monoisotopic (exact) mass is 285 g/mol. The lowest BCUT2D eigenvalue weighted by atomic mass is 9.87. The van der Waals surface area contributed by atoms with Crippen LogP contribution in [0.2, 0.25) is 0 Å². The van der Waals surface area contributed by atoms with E-state index in [0.29, 0.717) is 12.0 Å². The Morgan fingerprint density at radius 1 is 1.14 bits per heavy atom. The van der Waals surface area contributed by atoms with Gasteiger partial charge in [0.2, 0.25) is 0 Å². The number of hydrogen-bond acceptors (Lipinski definition) is 2. The molecule has 21 heavy (non-hydrogen) atoms. The highest BCUT2D eigenvalue weighted by Crippen LogP contribution is 2.21. The van der Waals surface area contributed by atoms with Gasteiger partial charge in [-0.3, -0.25) is 9.59 Å². The third-order valence-corrected chi connectivity index (χ3v) is 3.97. The summed E-state index contributed by atoms with van der Waals surface area (Å²) < 4.78 is 0. The molecule has 0 aliphatic rings. The molecule has 0 aromatic heterocycles. The normalized spacial score (nSPS) is 13.6. The number of benzene rings is 2. The maximum Gasteiger partial charge on any atom is 0.311 e. The van der Waals surface area contributed by atoms with E-state index in [0.717, 1.165) is 10.8 Å². The summed E-state index contributed by atoms with van der Waals surface area (Å²) in [5.41, 5.74) is -0.378. The van der Waals surface area contributed by atoms with Crippen LogP contribution in [0.15, 0.2) is 42.5 Å². The number of carboxylic acids is 1. The van der Waals surface area contributed by atoms with E-state index < -0.39 is 11.4 Å². The van der Waals surface area contributed by atoms with Crippen molar-refractivity contribution in [1.29, 1.82) is 0 Å². The maximum absolute atomic E-state index is 12.3. The van der Waals surface area contributed by atoms with E-state index in [9.17, 15) is 14.7 Å². The minimum absolute atomic E-state index is 0.112. The third-order valence-electron chi connectivity index (χ3n) is 3.97. The molecule has 4 nitrogen and oxygen atoms in total. The first kappa shape index (κ1) is 15.0. The average molecular weight is 285 g/mol. The standard InChI is InChI=1S/C17H19NO3/c1-3-17(2,16(20)21)11-18-15(19)14-10-6-8-12-7-4-5-9-13(12)14/h4-10H,3,11H2,1-2H3,(H,18,19)(H,20,21). The number of rotatable bonds is 5. The molecule has 0 bridgehead atoms. The molecule has 0 aliphatic carbocycles. The van der Waals surface area contributed by atoms with Crippen molar-refractivity contribution in [2.75, 3.05) is 6.54 Å². The zero-order chi connectivity index (χ0) is 15.5. The molecule has 1 unspecified atom stereocenters. The second kappa shape index (κ2) is 5.95. The van der Waals surface area contributed by atoms with Gasteiger partial charge in [0, 0.05) is 12.1 Å². The zero-order valence-electron chi connectivity index (χ0n) is 12.2. The number of carbonyl (C=O) groups excluding carboxylic acids is 1. The molecule has 1 atom stereocenters. The Morgan fingerprint density at radius 2 is 1.81 bits per heavy atom. The highest BCUT2D eigenvalue weighted by molar-refractivity contribution is 6.07. The van der Waals surface area contributed by atoms with Crippen molar-refractivity contribution >= 4 is 22.6 Å². The van der Waals surface area contributed by atoms with Crippen LogP contribution in [-0.2, 0) is 4.79 Å². The van der Waals surface area contributed by atoms with Gasteiger partial charge in [0.1, 0.15) is 0 Å². The van der Waals surface area contributed by atoms with Crippen LogP contribution < -0.4 is 5.32 Å². The molecule has 0 aliphatic heterocycles. The molecule has 2 aromatic rings. The first-order valence-electron chi connectivity index (χ1n) is 6.97. The van der Waals surface area contributed by atoms with E-state index in [1.165, 1.54) is 0 Å². The van der Waals surface area contributed by atoms with Gasteiger partial charge < -0.3 is 10.4 Å². The highest BCUT2D eigenvalue weighted by Gasteiger charge is 2.31. The number of hydrogen-bond donors (Lipinski definition) is 2. The van der Waals surface area contributed by atoms with Crippen molar-refractivity contribution in [1.82, 2.24) is 5.32 Å². The fourth-order valence-electron chi connectivity index (χ4n) is 2.15. The Kier molecular flexibility index (Phi) is 4.26.